The predicted octanol–water partition coefficient (Wildman–Crippen LogP) is 22.9. The van der Waals surface area contributed by atoms with Crippen LogP contribution in [0.25, 0.3) is 0 Å². The molecule has 0 aliphatic carbocycles. The smallest absolute Gasteiger partial charge is 0.0490 e. The molecule has 0 heterocycles. The van der Waals surface area contributed by atoms with Gasteiger partial charge < -0.3 is 4.74 Å². The second-order valence-corrected chi connectivity index (χ2v) is 21.8. The lowest BCUT2D eigenvalue weighted by molar-refractivity contribution is 0.140. The quantitative estimate of drug-likeness (QED) is 0.0373. The minimum absolute atomic E-state index is 0.704. The highest BCUT2D eigenvalue weighted by molar-refractivity contribution is 4.94. The number of ether oxygens (including phenoxy) is 1. The molecule has 2 atom stereocenters. The second kappa shape index (κ2) is 64.4. The zero-order valence-corrected chi connectivity index (χ0v) is 49.2. The van der Waals surface area contributed by atoms with Gasteiger partial charge in [-0.25, -0.2) is 5.01 Å². The molecule has 0 saturated carbocycles. The van der Waals surface area contributed by atoms with Crippen molar-refractivity contribution in [1.29, 1.82) is 0 Å². The average molecular weight is 960 g/mol. The van der Waals surface area contributed by atoms with Crippen molar-refractivity contribution in [2.24, 2.45) is 11.8 Å². The van der Waals surface area contributed by atoms with Gasteiger partial charge in [0.2, 0.25) is 0 Å². The van der Waals surface area contributed by atoms with Gasteiger partial charge in [0.1, 0.15) is 0 Å². The van der Waals surface area contributed by atoms with Crippen molar-refractivity contribution >= 4 is 0 Å². The number of nitrogens with zero attached hydrogens (tertiary/aromatic N) is 1. The Morgan fingerprint density at radius 3 is 1.07 bits per heavy atom. The molecular weight excluding hydrogens is 825 g/mol. The maximum absolute atomic E-state index is 5.36. The summed E-state index contributed by atoms with van der Waals surface area (Å²) in [6, 6.07) is 0.704. The van der Waals surface area contributed by atoms with E-state index in [9.17, 15) is 0 Å². The molecule has 0 aromatic heterocycles. The average Bonchev–Trinajstić information content (AvgIpc) is 3.35. The van der Waals surface area contributed by atoms with Gasteiger partial charge in [-0.05, 0) is 83.1 Å². The van der Waals surface area contributed by atoms with Gasteiger partial charge in [0, 0.05) is 26.8 Å². The first kappa shape index (κ1) is 71.6. The van der Waals surface area contributed by atoms with E-state index in [-0.39, 0.29) is 0 Å². The van der Waals surface area contributed by atoms with E-state index in [1.165, 1.54) is 314 Å². The van der Waals surface area contributed by atoms with Crippen molar-refractivity contribution < 1.29 is 4.74 Å². The Balaban J connectivity index is -0.00000123. The Bertz CT molecular complexity index is 891. The molecule has 0 saturated heterocycles. The molecule has 0 aliphatic rings. The van der Waals surface area contributed by atoms with Gasteiger partial charge in [-0.3, -0.25) is 5.43 Å². The van der Waals surface area contributed by atoms with Crippen molar-refractivity contribution in [3.63, 3.8) is 0 Å². The van der Waals surface area contributed by atoms with E-state index >= 15 is 0 Å². The van der Waals surface area contributed by atoms with Crippen LogP contribution >= 0.6 is 0 Å². The van der Waals surface area contributed by atoms with Gasteiger partial charge in [0.25, 0.3) is 0 Å². The van der Waals surface area contributed by atoms with Gasteiger partial charge in [-0.15, -0.1) is 6.58 Å². The number of methoxy groups -OCH3 is 1. The lowest BCUT2D eigenvalue weighted by Gasteiger charge is -2.27. The molecule has 2 unspecified atom stereocenters. The van der Waals surface area contributed by atoms with E-state index in [0.717, 1.165) is 18.4 Å². The highest BCUT2D eigenvalue weighted by atomic mass is 16.5. The van der Waals surface area contributed by atoms with Crippen LogP contribution in [0.15, 0.2) is 24.8 Å². The van der Waals surface area contributed by atoms with E-state index in [4.69, 9.17) is 4.74 Å². The number of hydrazine groups is 1. The molecular formula is C65H134N2O. The first-order valence-electron chi connectivity index (χ1n) is 31.5. The summed E-state index contributed by atoms with van der Waals surface area (Å²) in [6.07, 6.45) is 69.0. The molecule has 0 rings (SSSR count). The van der Waals surface area contributed by atoms with E-state index in [1.807, 2.05) is 13.2 Å². The molecule has 0 bridgehead atoms. The van der Waals surface area contributed by atoms with Crippen LogP contribution < -0.4 is 5.43 Å². The van der Waals surface area contributed by atoms with Crippen LogP contribution in [0.4, 0.5) is 0 Å². The van der Waals surface area contributed by atoms with Crippen LogP contribution in [0.3, 0.4) is 0 Å². The third kappa shape index (κ3) is 59.7. The Labute approximate surface area is 433 Å². The Morgan fingerprint density at radius 2 is 0.721 bits per heavy atom. The summed E-state index contributed by atoms with van der Waals surface area (Å²) < 4.78 is 5.36. The SMILES string of the molecule is C=C(CCCCCCCCC(CCCCCCCCCC)N(C)NC)CCC(CCCCCC)CCCCCC.C=CCCCCCCCC.CCCCCCCCC(CCCCCC)COC. The molecule has 0 radical (unpaired) electrons. The van der Waals surface area contributed by atoms with Gasteiger partial charge >= 0.3 is 0 Å². The van der Waals surface area contributed by atoms with Gasteiger partial charge in [0.15, 0.2) is 0 Å². The molecule has 0 amide bonds. The highest BCUT2D eigenvalue weighted by Gasteiger charge is 2.13. The zero-order valence-electron chi connectivity index (χ0n) is 49.2. The molecule has 0 aliphatic heterocycles. The fourth-order valence-electron chi connectivity index (χ4n) is 10.1. The monoisotopic (exact) mass is 959 g/mol. The second-order valence-electron chi connectivity index (χ2n) is 21.8. The normalized spacial score (nSPS) is 12.2. The van der Waals surface area contributed by atoms with Crippen LogP contribution in [-0.4, -0.2) is 38.9 Å². The first-order chi connectivity index (χ1) is 33.3. The summed E-state index contributed by atoms with van der Waals surface area (Å²) in [5.41, 5.74) is 4.93. The van der Waals surface area contributed by atoms with Crippen LogP contribution in [-0.2, 0) is 4.74 Å². The summed E-state index contributed by atoms with van der Waals surface area (Å²) in [6.45, 7) is 22.9. The molecule has 68 heavy (non-hydrogen) atoms. The summed E-state index contributed by atoms with van der Waals surface area (Å²) in [5, 5.41) is 2.37. The van der Waals surface area contributed by atoms with E-state index < -0.39 is 0 Å². The molecule has 1 N–H and O–H groups in total. The fraction of sp³-hybridized carbons (Fsp3) is 0.938. The Hall–Kier alpha value is -0.640. The fourth-order valence-corrected chi connectivity index (χ4v) is 10.1. The molecule has 0 spiro atoms. The van der Waals surface area contributed by atoms with Crippen LogP contribution in [0.5, 0.6) is 0 Å². The third-order valence-corrected chi connectivity index (χ3v) is 15.0. The van der Waals surface area contributed by atoms with Crippen molar-refractivity contribution in [2.75, 3.05) is 27.8 Å². The maximum atomic E-state index is 5.36. The van der Waals surface area contributed by atoms with Gasteiger partial charge in [-0.1, -0.05) is 304 Å². The summed E-state index contributed by atoms with van der Waals surface area (Å²) in [4.78, 5) is 0. The largest absolute Gasteiger partial charge is 0.384 e. The van der Waals surface area contributed by atoms with Crippen LogP contribution in [0, 0.1) is 11.8 Å². The topological polar surface area (TPSA) is 24.5 Å². The van der Waals surface area contributed by atoms with Crippen molar-refractivity contribution in [1.82, 2.24) is 10.4 Å². The minimum Gasteiger partial charge on any atom is -0.384 e. The minimum atomic E-state index is 0.704. The van der Waals surface area contributed by atoms with Crippen LogP contribution in [0.1, 0.15) is 350 Å². The van der Waals surface area contributed by atoms with Crippen molar-refractivity contribution in [3.05, 3.63) is 24.8 Å². The number of hydrogen-bond acceptors (Lipinski definition) is 3. The van der Waals surface area contributed by atoms with Crippen molar-refractivity contribution in [3.8, 4) is 0 Å². The highest BCUT2D eigenvalue weighted by Crippen LogP contribution is 2.26. The maximum Gasteiger partial charge on any atom is 0.0490 e. The summed E-state index contributed by atoms with van der Waals surface area (Å²) >= 11 is 0. The van der Waals surface area contributed by atoms with E-state index in [2.05, 4.69) is 79.2 Å². The summed E-state index contributed by atoms with van der Waals surface area (Å²) in [5.74, 6) is 1.77. The predicted molar refractivity (Wildman–Crippen MR) is 314 cm³/mol. The first-order valence-corrected chi connectivity index (χ1v) is 31.5. The van der Waals surface area contributed by atoms with Crippen LogP contribution in [0.2, 0.25) is 0 Å². The lowest BCUT2D eigenvalue weighted by Crippen LogP contribution is -2.40. The summed E-state index contributed by atoms with van der Waals surface area (Å²) in [7, 11) is 6.17. The number of unbranched alkanes of at least 4 members (excludes halogenated alkanes) is 32. The van der Waals surface area contributed by atoms with E-state index in [0.29, 0.717) is 6.04 Å². The van der Waals surface area contributed by atoms with Gasteiger partial charge in [-0.2, -0.15) is 0 Å². The van der Waals surface area contributed by atoms with E-state index in [1.54, 1.807) is 0 Å². The molecule has 0 aromatic rings. The number of rotatable bonds is 54. The zero-order chi connectivity index (χ0) is 50.7. The lowest BCUT2D eigenvalue weighted by atomic mass is 9.88. The molecule has 3 nitrogen and oxygen atoms in total. The molecule has 410 valence electrons. The molecule has 3 heteroatoms. The molecule has 0 fully saturated rings. The number of hydrogen-bond donors (Lipinski definition) is 1. The Kier molecular flexibility index (Phi) is 67.8. The third-order valence-electron chi connectivity index (χ3n) is 15.0. The number of allylic oxidation sites excluding steroid dienone is 2. The van der Waals surface area contributed by atoms with Gasteiger partial charge in [0.05, 0.1) is 0 Å². The molecule has 0 aromatic carbocycles. The standard InChI is InChI=1S/C38H78N2.C17H36O.C10H20/c1-7-10-13-16-17-18-22-27-32-38(40(6)39-5)33-28-23-20-19-21-24-29-36(4)34-35-37(30-25-14-11-8-2)31-26-15-12-9-3;1-4-6-8-10-11-13-15-17(16-18-3)14-12-9-7-5-2;1-3-5-7-9-10-8-6-4-2/h37-39H,4,7-35H2,1-3,5-6H3;17H,4-16H2,1-3H3;3H,1,4-10H2,2H3. The number of nitrogens with one attached hydrogen (secondary N) is 1. The Morgan fingerprint density at radius 1 is 0.412 bits per heavy atom. The van der Waals surface area contributed by atoms with Crippen molar-refractivity contribution in [2.45, 2.75) is 356 Å².